The van der Waals surface area contributed by atoms with Crippen LogP contribution in [0.4, 0.5) is 8.78 Å². The molecule has 0 bridgehead atoms. The molecule has 0 unspecified atom stereocenters. The number of alkyl halides is 2. The third kappa shape index (κ3) is 8.41. The highest BCUT2D eigenvalue weighted by Gasteiger charge is 2.55. The number of aliphatic imine (C=N–C) groups is 1. The smallest absolute Gasteiger partial charge is 0.404 e. The Morgan fingerprint density at radius 1 is 0.902 bits per heavy atom. The topological polar surface area (TPSA) is 74.2 Å². The molecule has 0 heterocycles. The zero-order valence-electron chi connectivity index (χ0n) is 23.8. The van der Waals surface area contributed by atoms with Crippen LogP contribution in [0.3, 0.4) is 0 Å². The van der Waals surface area contributed by atoms with Gasteiger partial charge in [0.1, 0.15) is 5.60 Å². The van der Waals surface area contributed by atoms with Gasteiger partial charge >= 0.3 is 19.2 Å². The molecule has 1 atom stereocenters. The van der Waals surface area contributed by atoms with E-state index in [4.69, 9.17) is 18.8 Å². The second-order valence-corrected chi connectivity index (χ2v) is 13.1. The summed E-state index contributed by atoms with van der Waals surface area (Å²) in [7, 11) is -4.80. The van der Waals surface area contributed by atoms with Crippen LogP contribution in [0.25, 0.3) is 0 Å². The van der Waals surface area contributed by atoms with Gasteiger partial charge in [-0.05, 0) is 46.2 Å². The number of carbonyl (C=O) groups is 1. The summed E-state index contributed by atoms with van der Waals surface area (Å²) in [6.45, 7) is 7.83. The van der Waals surface area contributed by atoms with E-state index in [1.54, 1.807) is 20.8 Å². The second-order valence-electron chi connectivity index (χ2n) is 10.2. The van der Waals surface area contributed by atoms with Crippen molar-refractivity contribution in [1.82, 2.24) is 0 Å². The first-order chi connectivity index (χ1) is 19.3. The molecule has 10 heteroatoms. The van der Waals surface area contributed by atoms with Crippen molar-refractivity contribution in [1.29, 1.82) is 0 Å². The molecule has 0 aliphatic carbocycles. The predicted octanol–water partition coefficient (Wildman–Crippen LogP) is 8.55. The number of halogens is 3. The highest BCUT2D eigenvalue weighted by Crippen LogP contribution is 2.67. The van der Waals surface area contributed by atoms with Gasteiger partial charge in [-0.3, -0.25) is 9.56 Å². The van der Waals surface area contributed by atoms with E-state index >= 15 is 8.78 Å². The third-order valence-corrected chi connectivity index (χ3v) is 8.57. The van der Waals surface area contributed by atoms with Crippen LogP contribution < -0.4 is 0 Å². The van der Waals surface area contributed by atoms with Crippen LogP contribution >= 0.6 is 23.5 Å². The minimum Gasteiger partial charge on any atom is -0.458 e. The third-order valence-electron chi connectivity index (χ3n) is 5.79. The Morgan fingerprint density at radius 3 is 1.85 bits per heavy atom. The van der Waals surface area contributed by atoms with Gasteiger partial charge in [0.05, 0.1) is 18.9 Å². The average molecular weight is 650 g/mol. The van der Waals surface area contributed by atoms with Crippen LogP contribution in [-0.4, -0.2) is 36.5 Å². The molecule has 6 nitrogen and oxygen atoms in total. The van der Waals surface area contributed by atoms with Crippen molar-refractivity contribution in [3.05, 3.63) is 106 Å². The summed E-state index contributed by atoms with van der Waals surface area (Å²) in [4.78, 5) is 18.3. The van der Waals surface area contributed by atoms with Crippen molar-refractivity contribution < 1.29 is 31.9 Å². The monoisotopic (exact) mass is 649 g/mol. The molecule has 3 aromatic rings. The van der Waals surface area contributed by atoms with Gasteiger partial charge in [-0.25, -0.2) is 4.79 Å². The Morgan fingerprint density at radius 2 is 1.41 bits per heavy atom. The molecule has 0 aromatic heterocycles. The number of hydrogen-bond donors (Lipinski definition) is 0. The van der Waals surface area contributed by atoms with E-state index < -0.39 is 36.4 Å². The zero-order chi connectivity index (χ0) is 30.3. The largest absolute Gasteiger partial charge is 0.458 e. The summed E-state index contributed by atoms with van der Waals surface area (Å²) < 4.78 is 59.4. The zero-order valence-corrected chi connectivity index (χ0v) is 26.3. The summed E-state index contributed by atoms with van der Waals surface area (Å²) in [5, 5.41) is 0. The number of benzene rings is 3. The first-order valence-corrected chi connectivity index (χ1v) is 15.6. The van der Waals surface area contributed by atoms with E-state index in [1.807, 2.05) is 60.7 Å². The van der Waals surface area contributed by atoms with Gasteiger partial charge in [0.25, 0.3) is 0 Å². The van der Waals surface area contributed by atoms with Crippen molar-refractivity contribution in [3.8, 4) is 0 Å². The van der Waals surface area contributed by atoms with Crippen molar-refractivity contribution >= 4 is 35.2 Å². The van der Waals surface area contributed by atoms with Crippen LogP contribution in [-0.2, 0) is 35.2 Å². The molecule has 0 fully saturated rings. The first kappa shape index (κ1) is 32.8. The maximum absolute atomic E-state index is 15.5. The Balaban J connectivity index is 2.07. The predicted molar refractivity (Wildman–Crippen MR) is 161 cm³/mol. The van der Waals surface area contributed by atoms with E-state index in [0.717, 1.165) is 17.2 Å². The lowest BCUT2D eigenvalue weighted by atomic mass is 10.00. The fourth-order valence-electron chi connectivity index (χ4n) is 4.05. The Labute approximate surface area is 248 Å². The summed E-state index contributed by atoms with van der Waals surface area (Å²) in [5.74, 6) is -0.551. The Hall–Kier alpha value is -2.71. The number of hydrogen-bond acceptors (Lipinski definition) is 6. The fraction of sp³-hybridized carbons (Fsp3) is 0.355. The van der Waals surface area contributed by atoms with E-state index in [-0.39, 0.29) is 24.1 Å². The van der Waals surface area contributed by atoms with E-state index in [9.17, 15) is 9.36 Å². The number of ether oxygens (including phenoxy) is 1. The molecule has 0 radical (unpaired) electrons. The SMILES string of the molecule is CCOP(=O)(OCC)C(F)(F)c1ccc(C[C@@H](N=C(c2ccccc2)c2ccccc2)C(=O)OC(C)(C)C)cc1Br. The molecule has 0 amide bonds. The minimum absolute atomic E-state index is 0.00195. The average Bonchev–Trinajstić information content (AvgIpc) is 2.91. The molecular weight excluding hydrogens is 615 g/mol. The molecule has 0 aliphatic rings. The molecule has 0 aliphatic heterocycles. The summed E-state index contributed by atoms with van der Waals surface area (Å²) in [6.07, 6.45) is 0.0666. The number of esters is 1. The van der Waals surface area contributed by atoms with Gasteiger partial charge in [-0.2, -0.15) is 8.78 Å². The molecule has 0 spiro atoms. The van der Waals surface area contributed by atoms with Gasteiger partial charge in [0.2, 0.25) is 0 Å². The highest BCUT2D eigenvalue weighted by atomic mass is 79.9. The van der Waals surface area contributed by atoms with E-state index in [0.29, 0.717) is 11.3 Å². The molecular formula is C31H35BrF2NO5P. The minimum atomic E-state index is -4.80. The van der Waals surface area contributed by atoms with E-state index in [1.165, 1.54) is 26.0 Å². The van der Waals surface area contributed by atoms with Crippen molar-refractivity contribution in [2.24, 2.45) is 4.99 Å². The van der Waals surface area contributed by atoms with Crippen LogP contribution in [0.15, 0.2) is 88.3 Å². The molecule has 0 saturated heterocycles. The Kier molecular flexibility index (Phi) is 11.2. The van der Waals surface area contributed by atoms with Gasteiger partial charge < -0.3 is 13.8 Å². The first-order valence-electron chi connectivity index (χ1n) is 13.3. The lowest BCUT2D eigenvalue weighted by Crippen LogP contribution is -2.33. The van der Waals surface area contributed by atoms with Crippen LogP contribution in [0, 0.1) is 0 Å². The van der Waals surface area contributed by atoms with Crippen LogP contribution in [0.5, 0.6) is 0 Å². The van der Waals surface area contributed by atoms with Crippen molar-refractivity contribution in [3.63, 3.8) is 0 Å². The maximum Gasteiger partial charge on any atom is 0.404 e. The number of nitrogens with zero attached hydrogens (tertiary/aromatic N) is 1. The second kappa shape index (κ2) is 14.0. The lowest BCUT2D eigenvalue weighted by Gasteiger charge is -2.27. The molecule has 41 heavy (non-hydrogen) atoms. The fourth-order valence-corrected chi connectivity index (χ4v) is 6.45. The van der Waals surface area contributed by atoms with Crippen LogP contribution in [0.1, 0.15) is 56.9 Å². The number of carbonyl (C=O) groups excluding carboxylic acids is 1. The lowest BCUT2D eigenvalue weighted by molar-refractivity contribution is -0.156. The van der Waals surface area contributed by atoms with Crippen molar-refractivity contribution in [2.45, 2.75) is 58.3 Å². The molecule has 220 valence electrons. The maximum atomic E-state index is 15.5. The summed E-state index contributed by atoms with van der Waals surface area (Å²) in [6, 6.07) is 22.0. The highest BCUT2D eigenvalue weighted by molar-refractivity contribution is 9.10. The van der Waals surface area contributed by atoms with Crippen molar-refractivity contribution in [2.75, 3.05) is 13.2 Å². The normalized spacial score (nSPS) is 13.0. The molecule has 0 N–H and O–H groups in total. The molecule has 0 saturated carbocycles. The van der Waals surface area contributed by atoms with Gasteiger partial charge in [-0.1, -0.05) is 88.7 Å². The van der Waals surface area contributed by atoms with Crippen LogP contribution in [0.2, 0.25) is 0 Å². The standard InChI is InChI=1S/C31H35BrF2NO5P/c1-6-38-41(37,39-7-2)31(33,34)25-19-18-22(20-26(25)32)21-27(29(36)40-30(3,4)5)35-28(23-14-10-8-11-15-23)24-16-12-9-13-17-24/h8-20,27H,6-7,21H2,1-5H3/t27-/m1/s1. The quantitative estimate of drug-likeness (QED) is 0.112. The number of rotatable bonds is 12. The van der Waals surface area contributed by atoms with Gasteiger partial charge in [-0.15, -0.1) is 0 Å². The van der Waals surface area contributed by atoms with Gasteiger partial charge in [0, 0.05) is 27.6 Å². The Bertz CT molecular complexity index is 1340. The molecule has 3 rings (SSSR count). The summed E-state index contributed by atoms with van der Waals surface area (Å²) in [5.41, 5.74) is -2.46. The summed E-state index contributed by atoms with van der Waals surface area (Å²) >= 11 is 3.21. The molecule has 3 aromatic carbocycles. The van der Waals surface area contributed by atoms with Gasteiger partial charge in [0.15, 0.2) is 6.04 Å². The van der Waals surface area contributed by atoms with E-state index in [2.05, 4.69) is 15.9 Å².